The van der Waals surface area contributed by atoms with Gasteiger partial charge in [0.15, 0.2) is 0 Å². The molecule has 8 rings (SSSR count). The summed E-state index contributed by atoms with van der Waals surface area (Å²) in [5.41, 5.74) is 0.125. The molecule has 4 aromatic carbocycles. The van der Waals surface area contributed by atoms with Crippen molar-refractivity contribution in [2.45, 2.75) is 25.2 Å². The summed E-state index contributed by atoms with van der Waals surface area (Å²) in [6.07, 6.45) is 1.87. The monoisotopic (exact) mass is 572 g/mol. The number of hydrogen-bond donors (Lipinski definition) is 1. The van der Waals surface area contributed by atoms with Crippen molar-refractivity contribution in [2.24, 2.45) is 0 Å². The number of benzene rings is 4. The Kier molecular flexibility index (Phi) is 5.26. The van der Waals surface area contributed by atoms with E-state index in [1.54, 1.807) is 78.9 Å². The zero-order chi connectivity index (χ0) is 29.4. The van der Waals surface area contributed by atoms with Crippen molar-refractivity contribution in [2.75, 3.05) is 0 Å². The molecule has 0 saturated heterocycles. The summed E-state index contributed by atoms with van der Waals surface area (Å²) >= 11 is 0. The molecule has 2 aromatic heterocycles. The number of fused-ring (bicyclic) bond motifs is 5. The molecule has 2 aliphatic rings. The van der Waals surface area contributed by atoms with Gasteiger partial charge in [0.1, 0.15) is 11.8 Å². The third-order valence-corrected chi connectivity index (χ3v) is 8.46. The SMILES string of the molecule is O=c1n(-c2ccccc2)c(=O)n2n1CC=C1[C@H]2Cn2c(=O)n(-c3ccccc3)c(=O)n2[C@H]1c1ccc(O)c2ccccc12. The van der Waals surface area contributed by atoms with Crippen LogP contribution in [0.3, 0.4) is 0 Å². The summed E-state index contributed by atoms with van der Waals surface area (Å²) in [6.45, 7) is 0.0645. The minimum atomic E-state index is -0.801. The van der Waals surface area contributed by atoms with Crippen LogP contribution in [0.25, 0.3) is 22.1 Å². The lowest BCUT2D eigenvalue weighted by Gasteiger charge is -2.38. The van der Waals surface area contributed by atoms with E-state index in [1.807, 2.05) is 24.3 Å². The Morgan fingerprint density at radius 3 is 1.79 bits per heavy atom. The largest absolute Gasteiger partial charge is 0.507 e. The fourth-order valence-corrected chi connectivity index (χ4v) is 6.58. The minimum Gasteiger partial charge on any atom is -0.507 e. The van der Waals surface area contributed by atoms with Gasteiger partial charge in [-0.15, -0.1) is 0 Å². The Morgan fingerprint density at radius 2 is 1.14 bits per heavy atom. The second-order valence-corrected chi connectivity index (χ2v) is 10.7. The molecular formula is C32H24N6O5. The van der Waals surface area contributed by atoms with Crippen molar-refractivity contribution in [3.05, 3.63) is 156 Å². The first-order valence-electron chi connectivity index (χ1n) is 13.9. The maximum atomic E-state index is 14.2. The van der Waals surface area contributed by atoms with Crippen molar-refractivity contribution in [1.29, 1.82) is 0 Å². The number of aromatic hydroxyl groups is 1. The van der Waals surface area contributed by atoms with Gasteiger partial charge in [0.2, 0.25) is 0 Å². The number of rotatable bonds is 3. The van der Waals surface area contributed by atoms with E-state index in [0.29, 0.717) is 33.3 Å². The molecule has 11 nitrogen and oxygen atoms in total. The number of para-hydroxylation sites is 2. The van der Waals surface area contributed by atoms with Gasteiger partial charge in [0.05, 0.1) is 30.5 Å². The fraction of sp³-hybridized carbons (Fsp3) is 0.125. The van der Waals surface area contributed by atoms with Crippen LogP contribution < -0.4 is 22.8 Å². The molecule has 1 N–H and O–H groups in total. The molecule has 0 unspecified atom stereocenters. The molecule has 0 amide bonds. The van der Waals surface area contributed by atoms with Crippen LogP contribution in [-0.4, -0.2) is 33.0 Å². The predicted octanol–water partition coefficient (Wildman–Crippen LogP) is 2.56. The Morgan fingerprint density at radius 1 is 0.581 bits per heavy atom. The summed E-state index contributed by atoms with van der Waals surface area (Å²) in [5.74, 6) is 0.0842. The lowest BCUT2D eigenvalue weighted by molar-refractivity contribution is 0.246. The van der Waals surface area contributed by atoms with Crippen LogP contribution in [0.4, 0.5) is 0 Å². The molecular weight excluding hydrogens is 548 g/mol. The molecule has 4 heterocycles. The van der Waals surface area contributed by atoms with Gasteiger partial charge in [-0.3, -0.25) is 0 Å². The highest BCUT2D eigenvalue weighted by Crippen LogP contribution is 2.42. The lowest BCUT2D eigenvalue weighted by Crippen LogP contribution is -2.47. The third-order valence-electron chi connectivity index (χ3n) is 8.46. The lowest BCUT2D eigenvalue weighted by atomic mass is 9.87. The Hall–Kier alpha value is -5.84. The summed E-state index contributed by atoms with van der Waals surface area (Å²) in [6, 6.07) is 26.4. The second kappa shape index (κ2) is 9.08. The van der Waals surface area contributed by atoms with Crippen LogP contribution in [0.5, 0.6) is 5.75 Å². The molecule has 2 aliphatic heterocycles. The number of hydrogen-bond acceptors (Lipinski definition) is 5. The highest BCUT2D eigenvalue weighted by molar-refractivity contribution is 5.91. The van der Waals surface area contributed by atoms with E-state index in [0.717, 1.165) is 9.13 Å². The first kappa shape index (κ1) is 24.9. The molecule has 43 heavy (non-hydrogen) atoms. The summed E-state index contributed by atoms with van der Waals surface area (Å²) in [5, 5.41) is 11.9. The Bertz CT molecular complexity index is 2350. The number of phenolic OH excluding ortho intramolecular Hbond substituents is 1. The van der Waals surface area contributed by atoms with E-state index < -0.39 is 34.8 Å². The molecule has 11 heteroatoms. The minimum absolute atomic E-state index is 0.0373. The number of nitrogens with zero attached hydrogens (tertiary/aromatic N) is 6. The van der Waals surface area contributed by atoms with Gasteiger partial charge >= 0.3 is 22.8 Å². The summed E-state index contributed by atoms with van der Waals surface area (Å²) in [7, 11) is 0. The third kappa shape index (κ3) is 3.41. The second-order valence-electron chi connectivity index (χ2n) is 10.7. The zero-order valence-electron chi connectivity index (χ0n) is 22.6. The van der Waals surface area contributed by atoms with Gasteiger partial charge < -0.3 is 5.11 Å². The maximum absolute atomic E-state index is 14.2. The standard InChI is InChI=1S/C32H24N6O5/c39-27-16-15-24(22-13-7-8-14-23(22)27)28-25-17-18-33-29(40)35(20-9-3-1-4-10-20)31(42)37(33)26(25)19-34-30(41)36(32(43)38(28)34)21-11-5-2-6-12-21/h1-17,26,28,39H,18-19H2/t26-,28+/m1/s1. The van der Waals surface area contributed by atoms with Gasteiger partial charge in [0.25, 0.3) is 0 Å². The van der Waals surface area contributed by atoms with Gasteiger partial charge in [-0.25, -0.2) is 47.0 Å². The van der Waals surface area contributed by atoms with E-state index in [1.165, 1.54) is 18.7 Å². The molecule has 0 aliphatic carbocycles. The topological polar surface area (TPSA) is 118 Å². The van der Waals surface area contributed by atoms with Crippen LogP contribution in [0, 0.1) is 0 Å². The molecule has 0 fully saturated rings. The normalized spacial score (nSPS) is 17.3. The Balaban J connectivity index is 1.43. The molecule has 212 valence electrons. The number of phenols is 1. The fourth-order valence-electron chi connectivity index (χ4n) is 6.58. The number of allylic oxidation sites excluding steroid dienone is 2. The van der Waals surface area contributed by atoms with Crippen molar-refractivity contribution >= 4 is 10.8 Å². The molecule has 0 saturated carbocycles. The molecule has 0 spiro atoms. The average Bonchev–Trinajstić information content (AvgIpc) is 3.45. The molecule has 2 atom stereocenters. The van der Waals surface area contributed by atoms with Gasteiger partial charge in [-0.1, -0.05) is 72.8 Å². The van der Waals surface area contributed by atoms with Crippen molar-refractivity contribution in [3.63, 3.8) is 0 Å². The summed E-state index contributed by atoms with van der Waals surface area (Å²) < 4.78 is 7.82. The zero-order valence-corrected chi connectivity index (χ0v) is 22.6. The van der Waals surface area contributed by atoms with E-state index >= 15 is 0 Å². The Labute approximate surface area is 242 Å². The summed E-state index contributed by atoms with van der Waals surface area (Å²) in [4.78, 5) is 55.6. The first-order chi connectivity index (χ1) is 21.0. The molecule has 0 radical (unpaired) electrons. The van der Waals surface area contributed by atoms with E-state index in [2.05, 4.69) is 0 Å². The van der Waals surface area contributed by atoms with E-state index in [-0.39, 0.29) is 18.8 Å². The van der Waals surface area contributed by atoms with Crippen LogP contribution in [0.15, 0.2) is 128 Å². The molecule has 6 aromatic rings. The van der Waals surface area contributed by atoms with E-state index in [9.17, 15) is 24.3 Å². The van der Waals surface area contributed by atoms with Gasteiger partial charge in [0, 0.05) is 5.39 Å². The maximum Gasteiger partial charge on any atom is 0.352 e. The van der Waals surface area contributed by atoms with Crippen LogP contribution >= 0.6 is 0 Å². The van der Waals surface area contributed by atoms with Crippen LogP contribution in [-0.2, 0) is 13.1 Å². The first-order valence-corrected chi connectivity index (χ1v) is 13.9. The van der Waals surface area contributed by atoms with Crippen molar-refractivity contribution in [1.82, 2.24) is 27.9 Å². The predicted molar refractivity (Wildman–Crippen MR) is 159 cm³/mol. The molecule has 0 bridgehead atoms. The van der Waals surface area contributed by atoms with Crippen LogP contribution in [0.2, 0.25) is 0 Å². The highest BCUT2D eigenvalue weighted by Gasteiger charge is 2.42. The average molecular weight is 573 g/mol. The van der Waals surface area contributed by atoms with Gasteiger partial charge in [-0.05, 0) is 46.9 Å². The van der Waals surface area contributed by atoms with Crippen LogP contribution in [0.1, 0.15) is 17.6 Å². The van der Waals surface area contributed by atoms with Gasteiger partial charge in [-0.2, -0.15) is 0 Å². The van der Waals surface area contributed by atoms with Crippen molar-refractivity contribution < 1.29 is 5.11 Å². The van der Waals surface area contributed by atoms with Crippen molar-refractivity contribution in [3.8, 4) is 17.1 Å². The smallest absolute Gasteiger partial charge is 0.352 e. The number of aromatic nitrogens is 6. The highest BCUT2D eigenvalue weighted by atomic mass is 16.3. The quantitative estimate of drug-likeness (QED) is 0.327. The van der Waals surface area contributed by atoms with E-state index in [4.69, 9.17) is 0 Å².